The molecule has 0 atom stereocenters. The van der Waals surface area contributed by atoms with Crippen LogP contribution in [0.2, 0.25) is 0 Å². The molecule has 1 aliphatic rings. The quantitative estimate of drug-likeness (QED) is 0.703. The van der Waals surface area contributed by atoms with Crippen molar-refractivity contribution in [2.45, 2.75) is 66.8 Å². The minimum absolute atomic E-state index is 0.596. The Bertz CT molecular complexity index is 755. The van der Waals surface area contributed by atoms with Crippen molar-refractivity contribution in [3.8, 4) is 11.6 Å². The van der Waals surface area contributed by atoms with Gasteiger partial charge in [-0.05, 0) is 64.2 Å². The first-order valence-electron chi connectivity index (χ1n) is 9.47. The van der Waals surface area contributed by atoms with Gasteiger partial charge in [-0.15, -0.1) is 0 Å². The summed E-state index contributed by atoms with van der Waals surface area (Å²) >= 11 is 0. The summed E-state index contributed by atoms with van der Waals surface area (Å²) in [4.78, 5) is 7.29. The number of hydrogen-bond donors (Lipinski definition) is 0. The van der Waals surface area contributed by atoms with Crippen molar-refractivity contribution in [1.29, 1.82) is 0 Å². The summed E-state index contributed by atoms with van der Waals surface area (Å²) in [5.41, 5.74) is 7.21. The van der Waals surface area contributed by atoms with Crippen molar-refractivity contribution in [3.63, 3.8) is 0 Å². The third kappa shape index (κ3) is 3.37. The molecule has 0 unspecified atom stereocenters. The van der Waals surface area contributed by atoms with E-state index in [0.717, 1.165) is 30.3 Å². The van der Waals surface area contributed by atoms with Crippen LogP contribution in [0, 0.1) is 27.7 Å². The van der Waals surface area contributed by atoms with Crippen LogP contribution in [0.25, 0.3) is 0 Å². The van der Waals surface area contributed by atoms with Crippen LogP contribution in [0.15, 0.2) is 18.2 Å². The van der Waals surface area contributed by atoms with Gasteiger partial charge in [0.1, 0.15) is 5.75 Å². The monoisotopic (exact) mass is 338 g/mol. The number of benzene rings is 1. The van der Waals surface area contributed by atoms with Crippen molar-refractivity contribution >= 4 is 5.69 Å². The fourth-order valence-electron chi connectivity index (χ4n) is 4.12. The second-order valence-corrected chi connectivity index (χ2v) is 7.31. The van der Waals surface area contributed by atoms with E-state index in [1.165, 1.54) is 40.8 Å². The molecule has 0 aliphatic carbocycles. The lowest BCUT2D eigenvalue weighted by Crippen LogP contribution is -2.32. The van der Waals surface area contributed by atoms with Crippen LogP contribution in [0.3, 0.4) is 0 Å². The lowest BCUT2D eigenvalue weighted by molar-refractivity contribution is 0.450. The molecule has 1 aromatic carbocycles. The van der Waals surface area contributed by atoms with Gasteiger partial charge in [0.15, 0.2) is 0 Å². The highest BCUT2D eigenvalue weighted by Gasteiger charge is 2.28. The van der Waals surface area contributed by atoms with Gasteiger partial charge in [0, 0.05) is 29.5 Å². The molecule has 1 aromatic heterocycles. The fourth-order valence-corrected chi connectivity index (χ4v) is 4.12. The van der Waals surface area contributed by atoms with Crippen molar-refractivity contribution < 1.29 is 4.74 Å². The van der Waals surface area contributed by atoms with Crippen LogP contribution < -0.4 is 9.64 Å². The fraction of sp³-hybridized carbons (Fsp3) is 0.500. The maximum atomic E-state index is 6.38. The van der Waals surface area contributed by atoms with E-state index in [1.807, 2.05) is 0 Å². The van der Waals surface area contributed by atoms with Gasteiger partial charge < -0.3 is 9.64 Å². The molecule has 0 saturated heterocycles. The molecule has 0 bridgehead atoms. The Morgan fingerprint density at radius 1 is 1.04 bits per heavy atom. The van der Waals surface area contributed by atoms with Crippen LogP contribution in [0.1, 0.15) is 54.6 Å². The highest BCUT2D eigenvalue weighted by atomic mass is 16.5. The number of ether oxygens (including phenoxy) is 1. The summed E-state index contributed by atoms with van der Waals surface area (Å²) in [6.07, 6.45) is 3.35. The number of aromatic nitrogens is 1. The standard InChI is InChI=1S/C22H30N2O/c1-7-18(8-2)24-10-9-19-20(24)13-17(6)23-22(19)25-21-15(4)11-14(3)12-16(21)5/h11-13,18H,7-10H2,1-6H3. The smallest absolute Gasteiger partial charge is 0.224 e. The highest BCUT2D eigenvalue weighted by Crippen LogP contribution is 2.39. The molecule has 1 aliphatic heterocycles. The zero-order valence-electron chi connectivity index (χ0n) is 16.4. The minimum atomic E-state index is 0.596. The van der Waals surface area contributed by atoms with Gasteiger partial charge >= 0.3 is 0 Å². The Morgan fingerprint density at radius 2 is 1.68 bits per heavy atom. The summed E-state index contributed by atoms with van der Waals surface area (Å²) in [6.45, 7) is 14.0. The molecule has 0 fully saturated rings. The Kier molecular flexibility index (Phi) is 5.03. The van der Waals surface area contributed by atoms with Crippen molar-refractivity contribution in [2.24, 2.45) is 0 Å². The average Bonchev–Trinajstić information content (AvgIpc) is 2.96. The van der Waals surface area contributed by atoms with E-state index >= 15 is 0 Å². The van der Waals surface area contributed by atoms with E-state index in [9.17, 15) is 0 Å². The Labute approximate surface area is 152 Å². The second kappa shape index (κ2) is 7.07. The number of rotatable bonds is 5. The van der Waals surface area contributed by atoms with Crippen LogP contribution >= 0.6 is 0 Å². The van der Waals surface area contributed by atoms with E-state index < -0.39 is 0 Å². The lowest BCUT2D eigenvalue weighted by atomic mass is 10.1. The average molecular weight is 338 g/mol. The number of fused-ring (bicyclic) bond motifs is 1. The van der Waals surface area contributed by atoms with Gasteiger partial charge in [-0.3, -0.25) is 0 Å². The number of aryl methyl sites for hydroxylation is 4. The van der Waals surface area contributed by atoms with E-state index in [4.69, 9.17) is 9.72 Å². The summed E-state index contributed by atoms with van der Waals surface area (Å²) in [7, 11) is 0. The van der Waals surface area contributed by atoms with Gasteiger partial charge in [0.2, 0.25) is 5.88 Å². The molecule has 134 valence electrons. The van der Waals surface area contributed by atoms with Gasteiger partial charge in [0.05, 0.1) is 0 Å². The Morgan fingerprint density at radius 3 is 2.28 bits per heavy atom. The molecule has 0 radical (unpaired) electrons. The van der Waals surface area contributed by atoms with Gasteiger partial charge in [-0.1, -0.05) is 31.5 Å². The maximum Gasteiger partial charge on any atom is 0.224 e. The van der Waals surface area contributed by atoms with E-state index in [-0.39, 0.29) is 0 Å². The van der Waals surface area contributed by atoms with Gasteiger partial charge in [-0.25, -0.2) is 4.98 Å². The first-order valence-corrected chi connectivity index (χ1v) is 9.47. The molecule has 3 rings (SSSR count). The molecule has 0 spiro atoms. The SMILES string of the molecule is CCC(CC)N1CCc2c1cc(C)nc2Oc1c(C)cc(C)cc1C. The predicted octanol–water partition coefficient (Wildman–Crippen LogP) is 5.66. The number of nitrogens with zero attached hydrogens (tertiary/aromatic N) is 2. The summed E-state index contributed by atoms with van der Waals surface area (Å²) in [5.74, 6) is 1.74. The van der Waals surface area contributed by atoms with Crippen molar-refractivity contribution in [3.05, 3.63) is 46.1 Å². The number of pyridine rings is 1. The molecule has 0 saturated carbocycles. The largest absolute Gasteiger partial charge is 0.438 e. The molecule has 3 heteroatoms. The van der Waals surface area contributed by atoms with Crippen LogP contribution in [-0.2, 0) is 6.42 Å². The molecule has 0 amide bonds. The van der Waals surface area contributed by atoms with E-state index in [1.54, 1.807) is 0 Å². The van der Waals surface area contributed by atoms with Crippen molar-refractivity contribution in [1.82, 2.24) is 4.98 Å². The third-order valence-corrected chi connectivity index (χ3v) is 5.29. The predicted molar refractivity (Wildman–Crippen MR) is 105 cm³/mol. The number of hydrogen-bond acceptors (Lipinski definition) is 3. The number of anilines is 1. The first kappa shape index (κ1) is 17.8. The van der Waals surface area contributed by atoms with Gasteiger partial charge in [0.25, 0.3) is 0 Å². The second-order valence-electron chi connectivity index (χ2n) is 7.31. The summed E-state index contributed by atoms with van der Waals surface area (Å²) in [5, 5.41) is 0. The minimum Gasteiger partial charge on any atom is -0.438 e. The summed E-state index contributed by atoms with van der Waals surface area (Å²) in [6, 6.07) is 7.17. The van der Waals surface area contributed by atoms with Crippen LogP contribution in [-0.4, -0.2) is 17.6 Å². The molecule has 0 N–H and O–H groups in total. The first-order chi connectivity index (χ1) is 11.9. The molecule has 25 heavy (non-hydrogen) atoms. The third-order valence-electron chi connectivity index (χ3n) is 5.29. The summed E-state index contributed by atoms with van der Waals surface area (Å²) < 4.78 is 6.38. The molecule has 2 heterocycles. The molecular formula is C22H30N2O. The lowest BCUT2D eigenvalue weighted by Gasteiger charge is -2.29. The highest BCUT2D eigenvalue weighted by molar-refractivity contribution is 5.63. The van der Waals surface area contributed by atoms with Crippen LogP contribution in [0.4, 0.5) is 5.69 Å². The maximum absolute atomic E-state index is 6.38. The zero-order chi connectivity index (χ0) is 18.1. The van der Waals surface area contributed by atoms with Gasteiger partial charge in [-0.2, -0.15) is 0 Å². The molecule has 2 aromatic rings. The molecular weight excluding hydrogens is 308 g/mol. The topological polar surface area (TPSA) is 25.4 Å². The van der Waals surface area contributed by atoms with E-state index in [0.29, 0.717) is 6.04 Å². The van der Waals surface area contributed by atoms with Crippen LogP contribution in [0.5, 0.6) is 11.6 Å². The normalized spacial score (nSPS) is 13.5. The molecule has 3 nitrogen and oxygen atoms in total. The Hall–Kier alpha value is -2.03. The van der Waals surface area contributed by atoms with E-state index in [2.05, 4.69) is 64.6 Å². The van der Waals surface area contributed by atoms with Crippen molar-refractivity contribution in [2.75, 3.05) is 11.4 Å². The Balaban J connectivity index is 2.01. The zero-order valence-corrected chi connectivity index (χ0v) is 16.4.